The number of hydrogen-bond donors (Lipinski definition) is 0. The van der Waals surface area contributed by atoms with Crippen LogP contribution < -0.4 is 0 Å². The molecule has 1 nitrogen and oxygen atoms in total. The quantitative estimate of drug-likeness (QED) is 0.514. The Bertz CT molecular complexity index is 310. The van der Waals surface area contributed by atoms with Crippen LogP contribution in [0.25, 0.3) is 0 Å². The first kappa shape index (κ1) is 9.46. The summed E-state index contributed by atoms with van der Waals surface area (Å²) >= 11 is 5.16. The van der Waals surface area contributed by atoms with Crippen molar-refractivity contribution in [1.82, 2.24) is 0 Å². The van der Waals surface area contributed by atoms with Gasteiger partial charge in [-0.25, -0.2) is 0 Å². The van der Waals surface area contributed by atoms with Crippen molar-refractivity contribution in [2.45, 2.75) is 34.1 Å². The van der Waals surface area contributed by atoms with Crippen molar-refractivity contribution < 1.29 is 4.42 Å². The van der Waals surface area contributed by atoms with Gasteiger partial charge in [0.05, 0.1) is 0 Å². The zero-order valence-electron chi connectivity index (χ0n) is 8.02. The van der Waals surface area contributed by atoms with Gasteiger partial charge in [-0.1, -0.05) is 19.1 Å². The molecular formula is C10H14OS. The van der Waals surface area contributed by atoms with E-state index >= 15 is 0 Å². The summed E-state index contributed by atoms with van der Waals surface area (Å²) in [6.07, 6.45) is 0.993. The maximum atomic E-state index is 5.51. The van der Waals surface area contributed by atoms with E-state index in [0.29, 0.717) is 0 Å². The number of furan rings is 1. The third-order valence-corrected chi connectivity index (χ3v) is 2.29. The third-order valence-electron chi connectivity index (χ3n) is 2.09. The smallest absolute Gasteiger partial charge is 0.109 e. The summed E-state index contributed by atoms with van der Waals surface area (Å²) < 4.78 is 5.51. The van der Waals surface area contributed by atoms with Gasteiger partial charge in [-0.3, -0.25) is 0 Å². The van der Waals surface area contributed by atoms with E-state index in [0.717, 1.165) is 28.4 Å². The van der Waals surface area contributed by atoms with Crippen LogP contribution in [-0.4, -0.2) is 4.86 Å². The molecule has 0 saturated heterocycles. The highest BCUT2D eigenvalue weighted by Gasteiger charge is 2.13. The lowest BCUT2D eigenvalue weighted by Gasteiger charge is -1.98. The molecule has 0 atom stereocenters. The van der Waals surface area contributed by atoms with Crippen molar-refractivity contribution in [3.05, 3.63) is 22.6 Å². The minimum Gasteiger partial charge on any atom is -0.466 e. The fourth-order valence-corrected chi connectivity index (χ4v) is 1.88. The maximum absolute atomic E-state index is 5.51. The first-order chi connectivity index (χ1) is 5.57. The van der Waals surface area contributed by atoms with Gasteiger partial charge in [-0.05, 0) is 27.2 Å². The predicted octanol–water partition coefficient (Wildman–Crippen LogP) is 3.20. The molecule has 0 amide bonds. The monoisotopic (exact) mass is 182 g/mol. The molecule has 0 aromatic carbocycles. The summed E-state index contributed by atoms with van der Waals surface area (Å²) in [5, 5.41) is 0. The Balaban J connectivity index is 3.32. The van der Waals surface area contributed by atoms with Crippen LogP contribution in [-0.2, 0) is 6.42 Å². The summed E-state index contributed by atoms with van der Waals surface area (Å²) in [5.74, 6) is 1.96. The van der Waals surface area contributed by atoms with E-state index in [1.807, 2.05) is 20.8 Å². The second-order valence-corrected chi connectivity index (χ2v) is 3.59. The van der Waals surface area contributed by atoms with E-state index in [1.165, 1.54) is 5.56 Å². The molecule has 66 valence electrons. The lowest BCUT2D eigenvalue weighted by atomic mass is 10.0. The fraction of sp³-hybridized carbons (Fsp3) is 0.500. The van der Waals surface area contributed by atoms with E-state index in [-0.39, 0.29) is 0 Å². The highest BCUT2D eigenvalue weighted by Crippen LogP contribution is 2.22. The lowest BCUT2D eigenvalue weighted by molar-refractivity contribution is 0.501. The van der Waals surface area contributed by atoms with Gasteiger partial charge in [0, 0.05) is 16.0 Å². The molecular weight excluding hydrogens is 168 g/mol. The van der Waals surface area contributed by atoms with Gasteiger partial charge in [0.15, 0.2) is 0 Å². The van der Waals surface area contributed by atoms with Crippen LogP contribution in [0.1, 0.15) is 36.5 Å². The first-order valence-electron chi connectivity index (χ1n) is 4.17. The molecule has 0 fully saturated rings. The first-order valence-corrected chi connectivity index (χ1v) is 4.58. The van der Waals surface area contributed by atoms with E-state index in [4.69, 9.17) is 16.6 Å². The molecule has 1 aromatic heterocycles. The molecule has 0 unspecified atom stereocenters. The minimum absolute atomic E-state index is 0.932. The van der Waals surface area contributed by atoms with Crippen molar-refractivity contribution in [3.63, 3.8) is 0 Å². The topological polar surface area (TPSA) is 13.1 Å². The highest BCUT2D eigenvalue weighted by molar-refractivity contribution is 7.80. The third kappa shape index (κ3) is 1.44. The second-order valence-electron chi connectivity index (χ2n) is 2.98. The van der Waals surface area contributed by atoms with Crippen LogP contribution in [0.3, 0.4) is 0 Å². The molecule has 0 N–H and O–H groups in total. The van der Waals surface area contributed by atoms with Gasteiger partial charge in [-0.2, -0.15) is 0 Å². The highest BCUT2D eigenvalue weighted by atomic mass is 32.1. The van der Waals surface area contributed by atoms with E-state index in [2.05, 4.69) is 6.92 Å². The largest absolute Gasteiger partial charge is 0.466 e. The van der Waals surface area contributed by atoms with E-state index < -0.39 is 0 Å². The number of hydrogen-bond acceptors (Lipinski definition) is 2. The van der Waals surface area contributed by atoms with Gasteiger partial charge < -0.3 is 4.42 Å². The maximum Gasteiger partial charge on any atom is 0.109 e. The summed E-state index contributed by atoms with van der Waals surface area (Å²) in [6, 6.07) is 0. The Kier molecular flexibility index (Phi) is 2.68. The van der Waals surface area contributed by atoms with Crippen LogP contribution >= 0.6 is 12.2 Å². The van der Waals surface area contributed by atoms with Crippen LogP contribution in [0.2, 0.25) is 0 Å². The molecule has 1 heterocycles. The van der Waals surface area contributed by atoms with Crippen LogP contribution in [0.4, 0.5) is 0 Å². The Hall–Kier alpha value is -0.630. The van der Waals surface area contributed by atoms with E-state index in [9.17, 15) is 0 Å². The molecule has 1 rings (SSSR count). The van der Waals surface area contributed by atoms with Crippen molar-refractivity contribution in [2.75, 3.05) is 0 Å². The van der Waals surface area contributed by atoms with Gasteiger partial charge >= 0.3 is 0 Å². The molecule has 0 saturated carbocycles. The Morgan fingerprint density at radius 1 is 1.33 bits per heavy atom. The molecule has 0 aliphatic carbocycles. The number of thiocarbonyl (C=S) groups is 1. The van der Waals surface area contributed by atoms with Gasteiger partial charge in [-0.15, -0.1) is 0 Å². The summed E-state index contributed by atoms with van der Waals surface area (Å²) in [6.45, 7) is 8.04. The Morgan fingerprint density at radius 3 is 2.25 bits per heavy atom. The predicted molar refractivity (Wildman–Crippen MR) is 54.9 cm³/mol. The molecule has 0 radical (unpaired) electrons. The van der Waals surface area contributed by atoms with Crippen molar-refractivity contribution in [3.8, 4) is 0 Å². The molecule has 0 bridgehead atoms. The van der Waals surface area contributed by atoms with Crippen LogP contribution in [0.5, 0.6) is 0 Å². The fourth-order valence-electron chi connectivity index (χ4n) is 1.62. The van der Waals surface area contributed by atoms with Crippen LogP contribution in [0.15, 0.2) is 4.42 Å². The Labute approximate surface area is 78.8 Å². The molecule has 1 aromatic rings. The Morgan fingerprint density at radius 2 is 1.92 bits per heavy atom. The molecule has 2 heteroatoms. The average Bonchev–Trinajstić information content (AvgIpc) is 2.24. The molecule has 0 aliphatic heterocycles. The standard InChI is InChI=1S/C10H14OS/c1-5-9-6(2)11-7(3)10(9)8(4)12/h5H2,1-4H3. The normalized spacial score (nSPS) is 10.3. The van der Waals surface area contributed by atoms with Crippen molar-refractivity contribution >= 4 is 17.1 Å². The van der Waals surface area contributed by atoms with Crippen LogP contribution in [0, 0.1) is 13.8 Å². The summed E-state index contributed by atoms with van der Waals surface area (Å²) in [4.78, 5) is 0.932. The average molecular weight is 182 g/mol. The summed E-state index contributed by atoms with van der Waals surface area (Å²) in [7, 11) is 0. The van der Waals surface area contributed by atoms with Crippen molar-refractivity contribution in [2.24, 2.45) is 0 Å². The minimum atomic E-state index is 0.932. The molecule has 0 spiro atoms. The van der Waals surface area contributed by atoms with E-state index in [1.54, 1.807) is 0 Å². The summed E-state index contributed by atoms with van der Waals surface area (Å²) in [5.41, 5.74) is 2.41. The lowest BCUT2D eigenvalue weighted by Crippen LogP contribution is -1.96. The van der Waals surface area contributed by atoms with Crippen molar-refractivity contribution in [1.29, 1.82) is 0 Å². The van der Waals surface area contributed by atoms with Gasteiger partial charge in [0.2, 0.25) is 0 Å². The number of aryl methyl sites for hydroxylation is 2. The zero-order chi connectivity index (χ0) is 9.30. The molecule has 0 aliphatic rings. The second kappa shape index (κ2) is 3.40. The van der Waals surface area contributed by atoms with Gasteiger partial charge in [0.25, 0.3) is 0 Å². The SMILES string of the molecule is CCc1c(C)oc(C)c1C(C)=S. The number of rotatable bonds is 2. The molecule has 12 heavy (non-hydrogen) atoms. The zero-order valence-corrected chi connectivity index (χ0v) is 8.84. The van der Waals surface area contributed by atoms with Gasteiger partial charge in [0.1, 0.15) is 11.5 Å².